The van der Waals surface area contributed by atoms with E-state index in [9.17, 15) is 18.4 Å². The second-order valence-electron chi connectivity index (χ2n) is 7.22. The van der Waals surface area contributed by atoms with Crippen molar-refractivity contribution in [3.8, 4) is 11.5 Å². The van der Waals surface area contributed by atoms with Gasteiger partial charge in [0.05, 0.1) is 13.3 Å². The molecule has 0 saturated carbocycles. The van der Waals surface area contributed by atoms with Crippen molar-refractivity contribution in [2.45, 2.75) is 19.1 Å². The first-order valence-electron chi connectivity index (χ1n) is 9.65. The molecule has 1 saturated heterocycles. The second-order valence-corrected chi connectivity index (χ2v) is 7.22. The number of fused-ring (bicyclic) bond motifs is 1. The maximum absolute atomic E-state index is 13.1. The molecule has 164 valence electrons. The number of imide groups is 1. The standard InChI is InChI=1S/C23H19F2N3O4/c1-23(15-8-10-16(11-9-15)32-21(24)25)20(29)28(22(30)27-23)26-13-18-17-6-4-3-5-14(17)7-12-19(18)31-2/h3-13,21H,1-2H3,(H,27,30)/b26-13+. The molecule has 1 atom stereocenters. The molecule has 1 heterocycles. The number of hydrogen-bond acceptors (Lipinski definition) is 5. The summed E-state index contributed by atoms with van der Waals surface area (Å²) in [7, 11) is 1.52. The molecule has 0 aromatic heterocycles. The van der Waals surface area contributed by atoms with E-state index in [-0.39, 0.29) is 5.75 Å². The molecule has 3 aromatic carbocycles. The maximum Gasteiger partial charge on any atom is 0.387 e. The van der Waals surface area contributed by atoms with Crippen molar-refractivity contribution < 1.29 is 27.8 Å². The number of alkyl halides is 2. The van der Waals surface area contributed by atoms with E-state index in [1.165, 1.54) is 44.5 Å². The number of hydrazone groups is 1. The van der Waals surface area contributed by atoms with Crippen LogP contribution in [0.15, 0.2) is 65.8 Å². The van der Waals surface area contributed by atoms with Gasteiger partial charge in [0.25, 0.3) is 5.91 Å². The number of ether oxygens (including phenoxy) is 2. The molecule has 3 amide bonds. The van der Waals surface area contributed by atoms with Crippen LogP contribution in [0, 0.1) is 0 Å². The highest BCUT2D eigenvalue weighted by Crippen LogP contribution is 2.31. The molecule has 0 aliphatic carbocycles. The number of rotatable bonds is 6. The number of hydrogen-bond donors (Lipinski definition) is 1. The molecular weight excluding hydrogens is 420 g/mol. The van der Waals surface area contributed by atoms with Crippen molar-refractivity contribution in [2.75, 3.05) is 7.11 Å². The van der Waals surface area contributed by atoms with E-state index in [1.54, 1.807) is 6.07 Å². The molecule has 1 N–H and O–H groups in total. The van der Waals surface area contributed by atoms with Crippen LogP contribution in [0.5, 0.6) is 11.5 Å². The minimum Gasteiger partial charge on any atom is -0.496 e. The number of methoxy groups -OCH3 is 1. The highest BCUT2D eigenvalue weighted by atomic mass is 19.3. The second kappa shape index (κ2) is 8.26. The summed E-state index contributed by atoms with van der Waals surface area (Å²) in [6.45, 7) is -1.44. The summed E-state index contributed by atoms with van der Waals surface area (Å²) in [5, 5.41) is 9.28. The quantitative estimate of drug-likeness (QED) is 0.460. The predicted octanol–water partition coefficient (Wildman–Crippen LogP) is 4.25. The number of carbonyl (C=O) groups is 2. The first-order chi connectivity index (χ1) is 15.3. The Bertz CT molecular complexity index is 1210. The summed E-state index contributed by atoms with van der Waals surface area (Å²) < 4.78 is 34.5. The van der Waals surface area contributed by atoms with E-state index in [4.69, 9.17) is 4.74 Å². The number of benzene rings is 3. The SMILES string of the molecule is COc1ccc2ccccc2c1/C=N/N1C(=O)NC(C)(c2ccc(OC(F)F)cc2)C1=O. The van der Waals surface area contributed by atoms with E-state index in [1.807, 2.05) is 30.3 Å². The summed E-state index contributed by atoms with van der Waals surface area (Å²) in [4.78, 5) is 25.6. The molecule has 4 rings (SSSR count). The van der Waals surface area contributed by atoms with Crippen LogP contribution in [-0.2, 0) is 10.3 Å². The zero-order valence-corrected chi connectivity index (χ0v) is 17.2. The average Bonchev–Trinajstić information content (AvgIpc) is 3.00. The van der Waals surface area contributed by atoms with Crippen molar-refractivity contribution in [1.29, 1.82) is 0 Å². The molecule has 3 aromatic rings. The van der Waals surface area contributed by atoms with Gasteiger partial charge in [-0.2, -0.15) is 13.9 Å². The van der Waals surface area contributed by atoms with Gasteiger partial charge < -0.3 is 14.8 Å². The Morgan fingerprint density at radius 2 is 1.78 bits per heavy atom. The van der Waals surface area contributed by atoms with Crippen molar-refractivity contribution in [3.63, 3.8) is 0 Å². The van der Waals surface area contributed by atoms with Crippen LogP contribution in [0.25, 0.3) is 10.8 Å². The zero-order valence-electron chi connectivity index (χ0n) is 17.2. The van der Waals surface area contributed by atoms with Crippen molar-refractivity contribution in [3.05, 3.63) is 71.8 Å². The molecule has 1 unspecified atom stereocenters. The average molecular weight is 439 g/mol. The largest absolute Gasteiger partial charge is 0.496 e. The Morgan fingerprint density at radius 3 is 2.47 bits per heavy atom. The Morgan fingerprint density at radius 1 is 1.06 bits per heavy atom. The summed E-state index contributed by atoms with van der Waals surface area (Å²) >= 11 is 0. The number of nitrogens with one attached hydrogen (secondary N) is 1. The van der Waals surface area contributed by atoms with Crippen LogP contribution in [0.1, 0.15) is 18.1 Å². The lowest BCUT2D eigenvalue weighted by Crippen LogP contribution is -2.40. The van der Waals surface area contributed by atoms with Crippen molar-refractivity contribution in [2.24, 2.45) is 5.10 Å². The van der Waals surface area contributed by atoms with Gasteiger partial charge >= 0.3 is 12.6 Å². The zero-order chi connectivity index (χ0) is 22.9. The number of nitrogens with zero attached hydrogens (tertiary/aromatic N) is 2. The predicted molar refractivity (Wildman–Crippen MR) is 114 cm³/mol. The van der Waals surface area contributed by atoms with Crippen LogP contribution in [0.2, 0.25) is 0 Å². The van der Waals surface area contributed by atoms with Gasteiger partial charge in [0, 0.05) is 5.56 Å². The van der Waals surface area contributed by atoms with Gasteiger partial charge in [-0.15, -0.1) is 5.01 Å². The first kappa shape index (κ1) is 21.2. The third-order valence-corrected chi connectivity index (χ3v) is 5.28. The lowest BCUT2D eigenvalue weighted by molar-refractivity contribution is -0.131. The summed E-state index contributed by atoms with van der Waals surface area (Å²) in [6, 6.07) is 16.0. The smallest absolute Gasteiger partial charge is 0.387 e. The minimum absolute atomic E-state index is 0.0537. The third kappa shape index (κ3) is 3.73. The first-order valence-corrected chi connectivity index (χ1v) is 9.65. The number of amides is 3. The van der Waals surface area contributed by atoms with Crippen LogP contribution >= 0.6 is 0 Å². The molecule has 32 heavy (non-hydrogen) atoms. The Kier molecular flexibility index (Phi) is 5.48. The van der Waals surface area contributed by atoms with Gasteiger partial charge in [-0.05, 0) is 41.5 Å². The van der Waals surface area contributed by atoms with Crippen molar-refractivity contribution >= 4 is 28.9 Å². The fourth-order valence-corrected chi connectivity index (χ4v) is 3.60. The van der Waals surface area contributed by atoms with Gasteiger partial charge in [-0.25, -0.2) is 4.79 Å². The maximum atomic E-state index is 13.1. The van der Waals surface area contributed by atoms with Crippen LogP contribution in [0.3, 0.4) is 0 Å². The minimum atomic E-state index is -2.96. The number of carbonyl (C=O) groups excluding carboxylic acids is 2. The molecule has 0 spiro atoms. The Labute approximate surface area is 182 Å². The van der Waals surface area contributed by atoms with E-state index in [0.29, 0.717) is 16.9 Å². The van der Waals surface area contributed by atoms with E-state index >= 15 is 0 Å². The van der Waals surface area contributed by atoms with Gasteiger partial charge in [0.1, 0.15) is 17.0 Å². The van der Waals surface area contributed by atoms with E-state index in [0.717, 1.165) is 15.8 Å². The molecular formula is C23H19F2N3O4. The lowest BCUT2D eigenvalue weighted by atomic mass is 9.92. The summed E-state index contributed by atoms with van der Waals surface area (Å²) in [5.74, 6) is -0.126. The van der Waals surface area contributed by atoms with Gasteiger partial charge in [0.15, 0.2) is 0 Å². The fourth-order valence-electron chi connectivity index (χ4n) is 3.60. The molecule has 1 fully saturated rings. The molecule has 0 bridgehead atoms. The summed E-state index contributed by atoms with van der Waals surface area (Å²) in [5.41, 5.74) is -0.396. The van der Waals surface area contributed by atoms with Gasteiger partial charge in [0.2, 0.25) is 0 Å². The van der Waals surface area contributed by atoms with Gasteiger partial charge in [-0.3, -0.25) is 4.79 Å². The van der Waals surface area contributed by atoms with Crippen LogP contribution in [-0.4, -0.2) is 36.9 Å². The molecule has 0 radical (unpaired) electrons. The molecule has 7 nitrogen and oxygen atoms in total. The highest BCUT2D eigenvalue weighted by Gasteiger charge is 2.49. The number of halogens is 2. The molecule has 1 aliphatic heterocycles. The number of urea groups is 1. The summed E-state index contributed by atoms with van der Waals surface area (Å²) in [6.07, 6.45) is 1.41. The van der Waals surface area contributed by atoms with E-state index < -0.39 is 24.1 Å². The monoisotopic (exact) mass is 439 g/mol. The normalized spacial score (nSPS) is 18.6. The Hall–Kier alpha value is -4.01. The van der Waals surface area contributed by atoms with Gasteiger partial charge in [-0.1, -0.05) is 42.5 Å². The topological polar surface area (TPSA) is 80.2 Å². The molecule has 1 aliphatic rings. The molecule has 9 heteroatoms. The van der Waals surface area contributed by atoms with Crippen molar-refractivity contribution in [1.82, 2.24) is 10.3 Å². The third-order valence-electron chi connectivity index (χ3n) is 5.28. The Balaban J connectivity index is 1.64. The van der Waals surface area contributed by atoms with Crippen LogP contribution < -0.4 is 14.8 Å². The highest BCUT2D eigenvalue weighted by molar-refractivity contribution is 6.09. The van der Waals surface area contributed by atoms with E-state index in [2.05, 4.69) is 15.2 Å². The lowest BCUT2D eigenvalue weighted by Gasteiger charge is -2.21. The van der Waals surface area contributed by atoms with Crippen LogP contribution in [0.4, 0.5) is 13.6 Å². The fraction of sp³-hybridized carbons (Fsp3) is 0.174.